The van der Waals surface area contributed by atoms with Crippen molar-refractivity contribution in [1.82, 2.24) is 75.3 Å². The maximum atomic E-state index is 13.6. The first kappa shape index (κ1) is 87.8. The van der Waals surface area contributed by atoms with Crippen LogP contribution in [0.2, 0.25) is 0 Å². The van der Waals surface area contributed by atoms with E-state index in [-0.39, 0.29) is 79.8 Å². The summed E-state index contributed by atoms with van der Waals surface area (Å²) in [6.07, 6.45) is 25.3. The number of anilines is 4. The highest BCUT2D eigenvalue weighted by Crippen LogP contribution is 2.52. The molecule has 4 aliphatic heterocycles. The lowest BCUT2D eigenvalue weighted by Gasteiger charge is -2.48. The second-order valence-electron chi connectivity index (χ2n) is 36.9. The highest BCUT2D eigenvalue weighted by atomic mass is 32.1. The summed E-state index contributed by atoms with van der Waals surface area (Å²) < 4.78 is 42.3. The molecule has 5 aromatic heterocycles. The molecule has 128 heavy (non-hydrogen) atoms. The van der Waals surface area contributed by atoms with Crippen LogP contribution in [0.25, 0.3) is 39.6 Å². The maximum Gasteiger partial charge on any atom is 0.324 e. The van der Waals surface area contributed by atoms with Crippen LogP contribution in [0.4, 0.5) is 54.5 Å². The number of benzene rings is 7. The Morgan fingerprint density at radius 1 is 0.375 bits per heavy atom. The number of nitrogens with zero attached hydrogens (tertiary/aromatic N) is 15. The summed E-state index contributed by atoms with van der Waals surface area (Å²) in [5, 5.41) is 17.0. The highest BCUT2D eigenvalue weighted by molar-refractivity contribution is 7.14. The lowest BCUT2D eigenvalue weighted by atomic mass is 9.69. The number of pyridine rings is 1. The molecule has 4 saturated carbocycles. The zero-order valence-electron chi connectivity index (χ0n) is 74.2. The van der Waals surface area contributed by atoms with Gasteiger partial charge in [0.05, 0.1) is 90.2 Å². The predicted octanol–water partition coefficient (Wildman–Crippen LogP) is 18.4. The topological polar surface area (TPSA) is 225 Å². The molecule has 0 radical (unpaired) electrons. The summed E-state index contributed by atoms with van der Waals surface area (Å²) in [7, 11) is 17.2. The molecular formula is C101H112F3N19O4S. The number of amides is 8. The van der Waals surface area contributed by atoms with Gasteiger partial charge in [0.2, 0.25) is 5.95 Å². The molecule has 20 rings (SSSR count). The fraction of sp³-hybridized carbons (Fsp3) is 0.366. The van der Waals surface area contributed by atoms with Crippen molar-refractivity contribution >= 4 is 68.7 Å². The number of aromatic nitrogens is 7. The summed E-state index contributed by atoms with van der Waals surface area (Å²) in [5.74, 6) is -3.59. The van der Waals surface area contributed by atoms with Crippen molar-refractivity contribution in [2.75, 3.05) is 102 Å². The number of thiazole rings is 1. The lowest BCUT2D eigenvalue weighted by Crippen LogP contribution is -2.54. The van der Waals surface area contributed by atoms with E-state index in [9.17, 15) is 32.3 Å². The smallest absolute Gasteiger partial charge is 0.324 e. The second kappa shape index (κ2) is 35.8. The zero-order chi connectivity index (χ0) is 89.4. The van der Waals surface area contributed by atoms with E-state index >= 15 is 0 Å². The Kier molecular flexibility index (Phi) is 24.5. The lowest BCUT2D eigenvalue weighted by molar-refractivity contribution is 0.0657. The van der Waals surface area contributed by atoms with Crippen molar-refractivity contribution in [2.45, 2.75) is 154 Å². The second-order valence-corrected chi connectivity index (χ2v) is 37.7. The number of hydrogen-bond acceptors (Lipinski definition) is 15. The van der Waals surface area contributed by atoms with Crippen molar-refractivity contribution in [2.24, 2.45) is 0 Å². The Labute approximate surface area is 750 Å². The number of para-hydroxylation sites is 1. The van der Waals surface area contributed by atoms with Crippen molar-refractivity contribution in [3.05, 3.63) is 294 Å². The molecule has 8 fully saturated rings. The average Bonchev–Trinajstić information content (AvgIpc) is 1.51. The van der Waals surface area contributed by atoms with Gasteiger partial charge in [0.25, 0.3) is 0 Å². The molecule has 4 aliphatic carbocycles. The summed E-state index contributed by atoms with van der Waals surface area (Å²) in [6, 6.07) is 68.4. The Balaban J connectivity index is 0.000000121. The SMILES string of the molecule is CN(C)C1(c2ccccc2)CCC2(CC1)CN(c1cnc(-c3cc(F)c(F)c(F)c3)nc1)C(=O)N2.CN(C)C1(c2ccccc2)CCC2(CC1)CN(c1cnc(-n3ccc4cccnc43)nc1)C(=O)N2.CN(C)C1(c2ccccc2)CCC2(CC1)CN(c1nc(-c3ccccc3)cs1)C(=O)N2.Cc1ccccc1N1CC2(CCC(c3ccccc3)(N(C)C)CC2)NC1=O. The van der Waals surface area contributed by atoms with E-state index in [2.05, 4.69) is 263 Å². The minimum absolute atomic E-state index is 0.0109. The number of carbonyl (C=O) groups is 4. The van der Waals surface area contributed by atoms with Crippen LogP contribution in [0.3, 0.4) is 0 Å². The van der Waals surface area contributed by atoms with E-state index in [1.807, 2.05) is 86.6 Å². The molecule has 23 nitrogen and oxygen atoms in total. The molecule has 8 amide bonds. The Bertz CT molecular complexity index is 5900. The quantitative estimate of drug-likeness (QED) is 0.0701. The molecule has 4 N–H and O–H groups in total. The Morgan fingerprint density at radius 3 is 1.12 bits per heavy atom. The van der Waals surface area contributed by atoms with Gasteiger partial charge in [0, 0.05) is 62.1 Å². The number of rotatable bonds is 15. The Morgan fingerprint density at radius 2 is 0.727 bits per heavy atom. The first-order valence-corrected chi connectivity index (χ1v) is 45.2. The molecule has 12 aromatic rings. The normalized spacial score (nSPS) is 25.5. The minimum atomic E-state index is -1.54. The van der Waals surface area contributed by atoms with Crippen LogP contribution in [-0.2, 0) is 22.2 Å². The van der Waals surface area contributed by atoms with Crippen LogP contribution in [0, 0.1) is 24.4 Å². The summed E-state index contributed by atoms with van der Waals surface area (Å²) >= 11 is 1.54. The standard InChI is InChI=1S/C27H29N7O.C26H26F3N5O.C25H28N4OS.C23H29N3O/c1-32(2)27(21-8-4-3-5-9-21)13-11-26(12-14-27)19-34(25(35)31-26)22-17-29-24(30-18-22)33-16-10-20-7-6-15-28-23(20)33;1-33(2)26(18-6-4-3-5-7-18)10-8-25(9-11-26)16-34(24(35)32-25)19-14-30-23(31-15-19)17-12-20(27)22(29)21(28)13-17;1-28(2)25(20-11-7-4-8-12-20)15-13-24(14-16-25)18-29(22(30)27-24)23-26-21(17-31-23)19-9-5-3-6-10-19;1-18-9-7-8-12-20(18)26-17-22(24-21(26)27)13-15-23(16-14-22,25(2)3)19-10-5-4-6-11-19/h3-10,15-18H,11-14,19H2,1-2H3,(H,31,35);3-7,12-15H,8-11,16H2,1-2H3,(H,32,35);3-12,17H,13-16,18H2,1-2H3,(H,27,30);4-12H,13-17H2,1-3H3,(H,24,27). The van der Waals surface area contributed by atoms with Gasteiger partial charge in [-0.2, -0.15) is 0 Å². The van der Waals surface area contributed by atoms with Crippen LogP contribution < -0.4 is 40.9 Å². The molecular weight excluding hydrogens is 1630 g/mol. The van der Waals surface area contributed by atoms with Crippen molar-refractivity contribution in [3.8, 4) is 28.6 Å². The van der Waals surface area contributed by atoms with Crippen LogP contribution in [0.15, 0.2) is 249 Å². The predicted molar refractivity (Wildman–Crippen MR) is 498 cm³/mol. The van der Waals surface area contributed by atoms with E-state index in [1.54, 1.807) is 39.7 Å². The highest BCUT2D eigenvalue weighted by Gasteiger charge is 2.55. The van der Waals surface area contributed by atoms with Gasteiger partial charge in [-0.05, 0) is 230 Å². The summed E-state index contributed by atoms with van der Waals surface area (Å²) in [4.78, 5) is 94.8. The monoisotopic (exact) mass is 1740 g/mol. The number of urea groups is 4. The number of hydrogen-bond donors (Lipinski definition) is 4. The number of fused-ring (bicyclic) bond motifs is 1. The van der Waals surface area contributed by atoms with Crippen molar-refractivity contribution in [3.63, 3.8) is 0 Å². The molecule has 0 atom stereocenters. The van der Waals surface area contributed by atoms with Gasteiger partial charge in [-0.1, -0.05) is 170 Å². The third-order valence-corrected chi connectivity index (χ3v) is 30.0. The fourth-order valence-corrected chi connectivity index (χ4v) is 22.1. The van der Waals surface area contributed by atoms with Crippen molar-refractivity contribution in [1.29, 1.82) is 0 Å². The van der Waals surface area contributed by atoms with Gasteiger partial charge < -0.3 is 21.3 Å². The van der Waals surface area contributed by atoms with Crippen LogP contribution in [0.1, 0.15) is 131 Å². The van der Waals surface area contributed by atoms with Crippen molar-refractivity contribution < 1.29 is 32.3 Å². The van der Waals surface area contributed by atoms with E-state index in [0.29, 0.717) is 37.0 Å². The average molecular weight is 1750 g/mol. The van der Waals surface area contributed by atoms with Crippen LogP contribution >= 0.6 is 11.3 Å². The van der Waals surface area contributed by atoms with Crippen LogP contribution in [-0.4, -0.2) is 183 Å². The van der Waals surface area contributed by atoms with Gasteiger partial charge >= 0.3 is 24.1 Å². The fourth-order valence-electron chi connectivity index (χ4n) is 21.3. The first-order valence-electron chi connectivity index (χ1n) is 44.3. The number of carbonyl (C=O) groups excluding carboxylic acids is 4. The zero-order valence-corrected chi connectivity index (χ0v) is 75.0. The number of halogens is 3. The van der Waals surface area contributed by atoms with E-state index in [4.69, 9.17) is 4.98 Å². The molecule has 0 bridgehead atoms. The third kappa shape index (κ3) is 17.0. The van der Waals surface area contributed by atoms with E-state index in [0.717, 1.165) is 160 Å². The number of nitrogens with one attached hydrogen (secondary N) is 4. The molecule has 662 valence electrons. The van der Waals surface area contributed by atoms with Gasteiger partial charge in [-0.15, -0.1) is 11.3 Å². The number of aryl methyl sites for hydroxylation is 1. The maximum absolute atomic E-state index is 13.6. The largest absolute Gasteiger partial charge is 0.330 e. The summed E-state index contributed by atoms with van der Waals surface area (Å²) in [6.45, 7) is 4.62. The first-order chi connectivity index (χ1) is 61.7. The minimum Gasteiger partial charge on any atom is -0.330 e. The Hall–Kier alpha value is -12.3. The molecule has 4 saturated heterocycles. The summed E-state index contributed by atoms with van der Waals surface area (Å²) in [5.41, 5.74) is 10.7. The molecule has 27 heteroatoms. The molecule has 0 unspecified atom stereocenters. The van der Waals surface area contributed by atoms with E-state index < -0.39 is 17.5 Å². The van der Waals surface area contributed by atoms with Gasteiger partial charge in [0.1, 0.15) is 5.65 Å². The van der Waals surface area contributed by atoms with Gasteiger partial charge in [-0.3, -0.25) is 43.8 Å². The molecule has 9 heterocycles. The van der Waals surface area contributed by atoms with E-state index in [1.165, 1.54) is 34.6 Å². The molecule has 4 spiro atoms. The molecule has 7 aromatic carbocycles. The van der Waals surface area contributed by atoms with Crippen LogP contribution in [0.5, 0.6) is 0 Å². The van der Waals surface area contributed by atoms with Gasteiger partial charge in [0.15, 0.2) is 28.4 Å². The third-order valence-electron chi connectivity index (χ3n) is 29.1. The molecule has 8 aliphatic rings. The van der Waals surface area contributed by atoms with Gasteiger partial charge in [-0.25, -0.2) is 62.3 Å².